The molecular weight excluding hydrogens is 328 g/mol. The maximum atomic E-state index is 12.6. The molecule has 0 bridgehead atoms. The summed E-state index contributed by atoms with van der Waals surface area (Å²) in [6.45, 7) is 3.23. The third-order valence-corrected chi connectivity index (χ3v) is 4.93. The summed E-state index contributed by atoms with van der Waals surface area (Å²) in [5, 5.41) is 13.7. The fourth-order valence-electron chi connectivity index (χ4n) is 3.47. The van der Waals surface area contributed by atoms with Crippen LogP contribution in [0, 0.1) is 0 Å². The number of methoxy groups -OCH3 is 1. The van der Waals surface area contributed by atoms with Gasteiger partial charge in [-0.1, -0.05) is 30.3 Å². The van der Waals surface area contributed by atoms with Crippen molar-refractivity contribution < 1.29 is 14.6 Å². The number of rotatable bonds is 6. The Bertz CT molecular complexity index is 727. The zero-order valence-electron chi connectivity index (χ0n) is 15.1. The van der Waals surface area contributed by atoms with E-state index in [0.29, 0.717) is 18.6 Å². The quantitative estimate of drug-likeness (QED) is 0.837. The molecule has 0 radical (unpaired) electrons. The molecular formula is C21H26N2O3. The Hall–Kier alpha value is -2.53. The van der Waals surface area contributed by atoms with Crippen LogP contribution in [-0.2, 0) is 4.79 Å². The van der Waals surface area contributed by atoms with Crippen molar-refractivity contribution >= 4 is 5.91 Å². The monoisotopic (exact) mass is 354 g/mol. The molecule has 0 saturated carbocycles. The van der Waals surface area contributed by atoms with Crippen LogP contribution in [0.25, 0.3) is 0 Å². The molecule has 1 amide bonds. The highest BCUT2D eigenvalue weighted by Crippen LogP contribution is 2.37. The minimum Gasteiger partial charge on any atom is -0.508 e. The number of nitrogens with zero attached hydrogens (tertiary/aromatic N) is 1. The van der Waals surface area contributed by atoms with Gasteiger partial charge >= 0.3 is 0 Å². The number of benzene rings is 2. The van der Waals surface area contributed by atoms with Crippen LogP contribution in [0.3, 0.4) is 0 Å². The van der Waals surface area contributed by atoms with Crippen LogP contribution in [0.15, 0.2) is 48.5 Å². The lowest BCUT2D eigenvalue weighted by molar-refractivity contribution is -0.131. The van der Waals surface area contributed by atoms with Gasteiger partial charge in [0.2, 0.25) is 5.91 Å². The van der Waals surface area contributed by atoms with Crippen LogP contribution in [0.1, 0.15) is 29.9 Å². The van der Waals surface area contributed by atoms with Gasteiger partial charge in [0.1, 0.15) is 11.5 Å². The lowest BCUT2D eigenvalue weighted by Gasteiger charge is -2.28. The van der Waals surface area contributed by atoms with Crippen LogP contribution in [-0.4, -0.2) is 49.2 Å². The van der Waals surface area contributed by atoms with Gasteiger partial charge < -0.3 is 20.1 Å². The molecule has 138 valence electrons. The number of piperazine rings is 1. The van der Waals surface area contributed by atoms with E-state index in [-0.39, 0.29) is 17.6 Å². The summed E-state index contributed by atoms with van der Waals surface area (Å²) in [6.07, 6.45) is 1.10. The minimum absolute atomic E-state index is 0.0573. The van der Waals surface area contributed by atoms with Crippen LogP contribution < -0.4 is 10.1 Å². The molecule has 1 atom stereocenters. The first-order valence-corrected chi connectivity index (χ1v) is 9.09. The zero-order valence-corrected chi connectivity index (χ0v) is 15.1. The highest BCUT2D eigenvalue weighted by Gasteiger charge is 2.22. The number of carbonyl (C=O) groups is 1. The molecule has 26 heavy (non-hydrogen) atoms. The number of ether oxygens (including phenoxy) is 1. The number of carbonyl (C=O) groups excluding carboxylic acids is 1. The fraction of sp³-hybridized carbons (Fsp3) is 0.381. The molecule has 2 N–H and O–H groups in total. The predicted molar refractivity (Wildman–Crippen MR) is 102 cm³/mol. The Morgan fingerprint density at radius 1 is 1.19 bits per heavy atom. The second-order valence-electron chi connectivity index (χ2n) is 6.56. The minimum atomic E-state index is -0.0573. The average Bonchev–Trinajstić information content (AvgIpc) is 2.70. The maximum Gasteiger partial charge on any atom is 0.222 e. The molecule has 0 aromatic heterocycles. The second-order valence-corrected chi connectivity index (χ2v) is 6.56. The van der Waals surface area contributed by atoms with Gasteiger partial charge in [-0.15, -0.1) is 0 Å². The summed E-state index contributed by atoms with van der Waals surface area (Å²) in [5.41, 5.74) is 1.88. The van der Waals surface area contributed by atoms with Crippen LogP contribution in [0.4, 0.5) is 0 Å². The van der Waals surface area contributed by atoms with Gasteiger partial charge in [-0.2, -0.15) is 0 Å². The van der Waals surface area contributed by atoms with Crippen molar-refractivity contribution in [3.8, 4) is 11.5 Å². The molecule has 1 aliphatic heterocycles. The van der Waals surface area contributed by atoms with Crippen molar-refractivity contribution in [3.63, 3.8) is 0 Å². The van der Waals surface area contributed by atoms with Crippen molar-refractivity contribution in [1.82, 2.24) is 10.2 Å². The van der Waals surface area contributed by atoms with Crippen molar-refractivity contribution in [1.29, 1.82) is 0 Å². The smallest absolute Gasteiger partial charge is 0.222 e. The molecule has 2 aromatic carbocycles. The van der Waals surface area contributed by atoms with Gasteiger partial charge in [-0.3, -0.25) is 4.79 Å². The van der Waals surface area contributed by atoms with Crippen LogP contribution in [0.5, 0.6) is 11.5 Å². The van der Waals surface area contributed by atoms with E-state index in [9.17, 15) is 9.90 Å². The molecule has 1 aliphatic rings. The molecule has 1 saturated heterocycles. The van der Waals surface area contributed by atoms with Crippen molar-refractivity contribution in [3.05, 3.63) is 59.7 Å². The number of phenols is 1. The number of phenolic OH excluding ortho intramolecular Hbond substituents is 1. The Morgan fingerprint density at radius 2 is 1.92 bits per heavy atom. The Morgan fingerprint density at radius 3 is 2.62 bits per heavy atom. The Kier molecular flexibility index (Phi) is 6.12. The lowest BCUT2D eigenvalue weighted by atomic mass is 9.86. The third kappa shape index (κ3) is 4.35. The Balaban J connectivity index is 1.81. The summed E-state index contributed by atoms with van der Waals surface area (Å²) in [4.78, 5) is 14.5. The predicted octanol–water partition coefficient (Wildman–Crippen LogP) is 2.74. The summed E-state index contributed by atoms with van der Waals surface area (Å²) in [7, 11) is 1.61. The average molecular weight is 354 g/mol. The van der Waals surface area contributed by atoms with Crippen molar-refractivity contribution in [2.24, 2.45) is 0 Å². The molecule has 1 fully saturated rings. The highest BCUT2D eigenvalue weighted by molar-refractivity contribution is 5.76. The van der Waals surface area contributed by atoms with E-state index in [0.717, 1.165) is 37.3 Å². The summed E-state index contributed by atoms with van der Waals surface area (Å²) >= 11 is 0. The number of aromatic hydroxyl groups is 1. The first-order valence-electron chi connectivity index (χ1n) is 9.09. The van der Waals surface area contributed by atoms with Gasteiger partial charge in [0.25, 0.3) is 0 Å². The summed E-state index contributed by atoms with van der Waals surface area (Å²) in [6, 6.07) is 15.3. The normalized spacial score (nSPS) is 15.5. The van der Waals surface area contributed by atoms with E-state index in [4.69, 9.17) is 4.74 Å². The number of hydrogen-bond donors (Lipinski definition) is 2. The second kappa shape index (κ2) is 8.72. The molecule has 2 aromatic rings. The lowest BCUT2D eigenvalue weighted by Crippen LogP contribution is -2.46. The third-order valence-electron chi connectivity index (χ3n) is 4.93. The number of nitrogens with one attached hydrogen (secondary N) is 1. The van der Waals surface area contributed by atoms with Gasteiger partial charge in [0, 0.05) is 44.1 Å². The van der Waals surface area contributed by atoms with E-state index in [2.05, 4.69) is 5.32 Å². The molecule has 1 heterocycles. The van der Waals surface area contributed by atoms with E-state index in [1.807, 2.05) is 41.3 Å². The molecule has 5 nitrogen and oxygen atoms in total. The van der Waals surface area contributed by atoms with Gasteiger partial charge in [0.05, 0.1) is 7.11 Å². The number of hydrogen-bond acceptors (Lipinski definition) is 4. The molecule has 3 rings (SSSR count). The van der Waals surface area contributed by atoms with Gasteiger partial charge in [-0.25, -0.2) is 0 Å². The maximum absolute atomic E-state index is 12.6. The molecule has 5 heteroatoms. The zero-order chi connectivity index (χ0) is 18.4. The number of amides is 1. The standard InChI is InChI=1S/C21H26N2O3/c1-26-17-7-9-20(24)19(15-17)18(16-5-3-2-4-6-16)8-10-21(25)23-13-11-22-12-14-23/h2-7,9,15,18,22,24H,8,10-14H2,1H3. The van der Waals surface area contributed by atoms with Crippen molar-refractivity contribution in [2.45, 2.75) is 18.8 Å². The van der Waals surface area contributed by atoms with E-state index in [1.54, 1.807) is 19.2 Å². The largest absolute Gasteiger partial charge is 0.508 e. The molecule has 0 spiro atoms. The van der Waals surface area contributed by atoms with E-state index >= 15 is 0 Å². The summed E-state index contributed by atoms with van der Waals surface area (Å²) < 4.78 is 5.32. The summed E-state index contributed by atoms with van der Waals surface area (Å²) in [5.74, 6) is 1.05. The topological polar surface area (TPSA) is 61.8 Å². The Labute approximate surface area is 154 Å². The molecule has 0 aliphatic carbocycles. The van der Waals surface area contributed by atoms with Crippen molar-refractivity contribution in [2.75, 3.05) is 33.3 Å². The molecule has 1 unspecified atom stereocenters. The van der Waals surface area contributed by atoms with Gasteiger partial charge in [0.15, 0.2) is 0 Å². The highest BCUT2D eigenvalue weighted by atomic mass is 16.5. The first kappa shape index (κ1) is 18.3. The fourth-order valence-corrected chi connectivity index (χ4v) is 3.47. The van der Waals surface area contributed by atoms with E-state index in [1.165, 1.54) is 0 Å². The SMILES string of the molecule is COc1ccc(O)c(C(CCC(=O)N2CCNCC2)c2ccccc2)c1. The van der Waals surface area contributed by atoms with E-state index < -0.39 is 0 Å². The van der Waals surface area contributed by atoms with Crippen LogP contribution in [0.2, 0.25) is 0 Å². The van der Waals surface area contributed by atoms with Gasteiger partial charge in [-0.05, 0) is 30.2 Å². The van der Waals surface area contributed by atoms with Crippen LogP contribution >= 0.6 is 0 Å². The first-order chi connectivity index (χ1) is 12.7.